The number of nitrogens with one attached hydrogen (secondary N) is 2. The zero-order valence-corrected chi connectivity index (χ0v) is 26.6. The number of amides is 2. The second kappa shape index (κ2) is 16.8. The third-order valence-electron chi connectivity index (χ3n) is 7.63. The highest BCUT2D eigenvalue weighted by Gasteiger charge is 2.32. The van der Waals surface area contributed by atoms with E-state index in [2.05, 4.69) is 16.3 Å². The van der Waals surface area contributed by atoms with Crippen molar-refractivity contribution < 1.29 is 32.7 Å². The Balaban J connectivity index is 0.00000104. The Bertz CT molecular complexity index is 1470. The minimum atomic E-state index is -3.69. The second-order valence-corrected chi connectivity index (χ2v) is 13.5. The van der Waals surface area contributed by atoms with Crippen molar-refractivity contribution in [3.63, 3.8) is 0 Å². The molecule has 0 radical (unpaired) electrons. The van der Waals surface area contributed by atoms with E-state index < -0.39 is 10.0 Å². The number of thioether (sulfide) groups is 1. The normalized spacial score (nSPS) is 15.6. The number of rotatable bonds is 13. The molecule has 2 aliphatic rings. The number of carbonyl (C=O) groups excluding carboxylic acids is 2. The molecule has 0 unspecified atom stereocenters. The summed E-state index contributed by atoms with van der Waals surface area (Å²) in [6.07, 6.45) is 1.69. The lowest BCUT2D eigenvalue weighted by Gasteiger charge is -2.28. The maximum atomic E-state index is 13.5. The van der Waals surface area contributed by atoms with Gasteiger partial charge in [-0.05, 0) is 54.5 Å². The van der Waals surface area contributed by atoms with E-state index >= 15 is 0 Å². The molecule has 3 aromatic rings. The van der Waals surface area contributed by atoms with Gasteiger partial charge in [0, 0.05) is 55.1 Å². The summed E-state index contributed by atoms with van der Waals surface area (Å²) < 4.78 is 41.0. The van der Waals surface area contributed by atoms with Gasteiger partial charge in [-0.3, -0.25) is 19.7 Å². The highest BCUT2D eigenvalue weighted by molar-refractivity contribution is 7.99. The van der Waals surface area contributed by atoms with Gasteiger partial charge in [0.2, 0.25) is 22.3 Å². The number of methoxy groups -OCH3 is 1. The summed E-state index contributed by atoms with van der Waals surface area (Å²) >= 11 is 1.92. The van der Waals surface area contributed by atoms with E-state index in [9.17, 15) is 13.2 Å². The van der Waals surface area contributed by atoms with E-state index in [1.807, 2.05) is 34.5 Å². The highest BCUT2D eigenvalue weighted by Crippen LogP contribution is 2.33. The van der Waals surface area contributed by atoms with Crippen LogP contribution in [0.4, 0.5) is 0 Å². The molecule has 3 N–H and O–H groups in total. The summed E-state index contributed by atoms with van der Waals surface area (Å²) in [5.41, 5.74) is 4.23. The molecule has 240 valence electrons. The van der Waals surface area contributed by atoms with Crippen molar-refractivity contribution in [2.24, 2.45) is 0 Å². The van der Waals surface area contributed by atoms with E-state index in [4.69, 9.17) is 19.5 Å². The van der Waals surface area contributed by atoms with Gasteiger partial charge in [0.05, 0.1) is 31.8 Å². The van der Waals surface area contributed by atoms with E-state index in [1.165, 1.54) is 9.79 Å². The molecular formula is C30H41N5O7S2. The largest absolute Gasteiger partial charge is 0.497 e. The predicted octanol–water partition coefficient (Wildman–Crippen LogP) is 2.09. The number of carbonyl (C=O) groups is 2. The molecule has 0 spiro atoms. The minimum absolute atomic E-state index is 0.0583. The van der Waals surface area contributed by atoms with Gasteiger partial charge >= 0.3 is 0 Å². The van der Waals surface area contributed by atoms with Gasteiger partial charge in [0.15, 0.2) is 0 Å². The first-order valence-electron chi connectivity index (χ1n) is 14.6. The molecule has 2 amide bonds. The van der Waals surface area contributed by atoms with Crippen molar-refractivity contribution in [1.29, 1.82) is 0 Å². The number of hydroxylamine groups is 1. The van der Waals surface area contributed by atoms with Crippen LogP contribution >= 0.6 is 11.8 Å². The van der Waals surface area contributed by atoms with E-state index in [0.29, 0.717) is 25.3 Å². The molecule has 0 saturated carbocycles. The fourth-order valence-corrected chi connectivity index (χ4v) is 7.72. The van der Waals surface area contributed by atoms with Crippen LogP contribution < -0.4 is 15.5 Å². The van der Waals surface area contributed by atoms with Crippen LogP contribution in [-0.2, 0) is 43.9 Å². The first-order valence-corrected chi connectivity index (χ1v) is 17.2. The summed E-state index contributed by atoms with van der Waals surface area (Å²) in [6, 6.07) is 14.5. The average Bonchev–Trinajstić information content (AvgIpc) is 3.37. The van der Waals surface area contributed by atoms with E-state index in [1.54, 1.807) is 31.4 Å². The summed E-state index contributed by atoms with van der Waals surface area (Å²) in [4.78, 5) is 24.5. The molecule has 2 aliphatic heterocycles. The van der Waals surface area contributed by atoms with Gasteiger partial charge in [0.25, 0.3) is 0 Å². The Morgan fingerprint density at radius 1 is 1.09 bits per heavy atom. The Kier molecular flexibility index (Phi) is 12.9. The number of aromatic nitrogens is 1. The third kappa shape index (κ3) is 8.73. The van der Waals surface area contributed by atoms with E-state index in [-0.39, 0.29) is 30.3 Å². The van der Waals surface area contributed by atoms with Crippen molar-refractivity contribution in [2.75, 3.05) is 64.6 Å². The molecular weight excluding hydrogens is 606 g/mol. The molecule has 1 fully saturated rings. The number of sulfonamides is 1. The monoisotopic (exact) mass is 647 g/mol. The van der Waals surface area contributed by atoms with Gasteiger partial charge in [-0.25, -0.2) is 13.9 Å². The number of nitrogens with zero attached hydrogens (tertiary/aromatic N) is 3. The fourth-order valence-electron chi connectivity index (χ4n) is 5.37. The number of fused-ring (bicyclic) bond motifs is 3. The summed E-state index contributed by atoms with van der Waals surface area (Å²) in [5, 5.41) is 11.4. The van der Waals surface area contributed by atoms with Gasteiger partial charge < -0.3 is 19.4 Å². The molecule has 0 aliphatic carbocycles. The third-order valence-corrected chi connectivity index (χ3v) is 10.5. The first-order chi connectivity index (χ1) is 21.4. The van der Waals surface area contributed by atoms with Crippen molar-refractivity contribution in [3.8, 4) is 5.75 Å². The number of hydrogen-bond acceptors (Lipinski definition) is 9. The van der Waals surface area contributed by atoms with Gasteiger partial charge in [0.1, 0.15) is 12.3 Å². The lowest BCUT2D eigenvalue weighted by Crippen LogP contribution is -2.37. The summed E-state index contributed by atoms with van der Waals surface area (Å²) in [6.45, 7) is 6.17. The highest BCUT2D eigenvalue weighted by atomic mass is 32.2. The summed E-state index contributed by atoms with van der Waals surface area (Å²) in [5.74, 6) is 2.64. The number of benzene rings is 2. The molecule has 3 heterocycles. The zero-order valence-electron chi connectivity index (χ0n) is 24.9. The lowest BCUT2D eigenvalue weighted by atomic mass is 10.0. The maximum absolute atomic E-state index is 13.5. The molecule has 1 saturated heterocycles. The average molecular weight is 648 g/mol. The predicted molar refractivity (Wildman–Crippen MR) is 169 cm³/mol. The number of para-hydroxylation sites is 1. The van der Waals surface area contributed by atoms with Crippen molar-refractivity contribution in [2.45, 2.75) is 30.8 Å². The van der Waals surface area contributed by atoms with Crippen LogP contribution in [-0.4, -0.2) is 104 Å². The number of hydrogen-bond donors (Lipinski definition) is 3. The standard InChI is InChI=1S/C29H38N4O5S2.CH3NO2/c1-37-23-7-9-24(10-8-23)40(35,36)32-13-11-26-25-5-2-3-6-27(25)33(28(26)21-32)22-29(34)30-12-4-19-39-20-16-31-14-17-38-18-15-31;3-1-2-4/h2-3,5-10H,4,11-22H2,1H3,(H,30,34);1,4H,(H,2,3). The summed E-state index contributed by atoms with van der Waals surface area (Å²) in [7, 11) is -2.14. The van der Waals surface area contributed by atoms with Gasteiger partial charge in [-0.2, -0.15) is 16.1 Å². The molecule has 0 atom stereocenters. The van der Waals surface area contributed by atoms with Crippen LogP contribution in [0, 0.1) is 0 Å². The minimum Gasteiger partial charge on any atom is -0.497 e. The number of ether oxygens (including phenoxy) is 2. The van der Waals surface area contributed by atoms with E-state index in [0.717, 1.165) is 72.9 Å². The smallest absolute Gasteiger partial charge is 0.243 e. The topological polar surface area (TPSA) is 142 Å². The Morgan fingerprint density at radius 2 is 1.82 bits per heavy atom. The Labute approximate surface area is 262 Å². The SMILES string of the molecule is COc1ccc(S(=O)(=O)N2CCc3c(n(CC(=O)NCCCSCCN4CCOCC4)c4ccccc34)C2)cc1.O=CNO. The van der Waals surface area contributed by atoms with Crippen molar-refractivity contribution in [1.82, 2.24) is 24.6 Å². The van der Waals surface area contributed by atoms with Gasteiger partial charge in [-0.1, -0.05) is 18.2 Å². The molecule has 12 nitrogen and oxygen atoms in total. The van der Waals surface area contributed by atoms with Crippen LogP contribution in [0.15, 0.2) is 53.4 Å². The fraction of sp³-hybridized carbons (Fsp3) is 0.467. The number of morpholine rings is 1. The molecule has 0 bridgehead atoms. The molecule has 44 heavy (non-hydrogen) atoms. The lowest BCUT2D eigenvalue weighted by molar-refractivity contribution is -0.121. The first kappa shape index (κ1) is 33.7. The molecule has 2 aromatic carbocycles. The maximum Gasteiger partial charge on any atom is 0.243 e. The van der Waals surface area contributed by atoms with Crippen LogP contribution in [0.2, 0.25) is 0 Å². The second-order valence-electron chi connectivity index (χ2n) is 10.3. The van der Waals surface area contributed by atoms with Crippen LogP contribution in [0.1, 0.15) is 17.7 Å². The Morgan fingerprint density at radius 3 is 2.52 bits per heavy atom. The van der Waals surface area contributed by atoms with Crippen molar-refractivity contribution >= 4 is 45.0 Å². The molecule has 1 aromatic heterocycles. The van der Waals surface area contributed by atoms with Crippen LogP contribution in [0.25, 0.3) is 10.9 Å². The van der Waals surface area contributed by atoms with Crippen LogP contribution in [0.3, 0.4) is 0 Å². The zero-order chi connectivity index (χ0) is 31.4. The quantitative estimate of drug-likeness (QED) is 0.110. The van der Waals surface area contributed by atoms with Gasteiger partial charge in [-0.15, -0.1) is 0 Å². The van der Waals surface area contributed by atoms with Crippen molar-refractivity contribution in [3.05, 3.63) is 59.8 Å². The molecule has 14 heteroatoms. The van der Waals surface area contributed by atoms with Crippen LogP contribution in [0.5, 0.6) is 5.75 Å². The Hall–Kier alpha value is -3.14. The molecule has 5 rings (SSSR count).